The summed E-state index contributed by atoms with van der Waals surface area (Å²) in [7, 11) is 0. The number of thiophene rings is 1. The summed E-state index contributed by atoms with van der Waals surface area (Å²) in [6, 6.07) is 9.01. The topological polar surface area (TPSA) is 58.7 Å². The molecule has 5 heteroatoms. The number of nitriles is 1. The van der Waals surface area contributed by atoms with Gasteiger partial charge in [0.15, 0.2) is 0 Å². The minimum Gasteiger partial charge on any atom is -0.267 e. The highest BCUT2D eigenvalue weighted by Crippen LogP contribution is 2.19. The summed E-state index contributed by atoms with van der Waals surface area (Å²) < 4.78 is 1.56. The van der Waals surface area contributed by atoms with E-state index < -0.39 is 0 Å². The molecule has 0 bridgehead atoms. The van der Waals surface area contributed by atoms with Gasteiger partial charge in [-0.3, -0.25) is 14.3 Å². The molecule has 0 radical (unpaired) electrons. The maximum atomic E-state index is 12.2. The van der Waals surface area contributed by atoms with Crippen molar-refractivity contribution in [1.29, 1.82) is 5.26 Å². The molecule has 0 aliphatic rings. The van der Waals surface area contributed by atoms with E-state index in [2.05, 4.69) is 4.98 Å². The Bertz CT molecular complexity index is 812. The first-order valence-electron chi connectivity index (χ1n) is 5.25. The zero-order chi connectivity index (χ0) is 12.5. The van der Waals surface area contributed by atoms with E-state index in [1.54, 1.807) is 29.1 Å². The summed E-state index contributed by atoms with van der Waals surface area (Å²) in [4.78, 5) is 16.3. The van der Waals surface area contributed by atoms with Crippen molar-refractivity contribution in [3.8, 4) is 11.1 Å². The average molecular weight is 253 g/mol. The van der Waals surface area contributed by atoms with Crippen molar-refractivity contribution < 1.29 is 0 Å². The second kappa shape index (κ2) is 4.09. The number of pyridine rings is 2. The highest BCUT2D eigenvalue weighted by atomic mass is 32.1. The third-order valence-corrected chi connectivity index (χ3v) is 3.50. The number of nitrogens with zero attached hydrogens (tertiary/aromatic N) is 3. The predicted molar refractivity (Wildman–Crippen MR) is 69.9 cm³/mol. The van der Waals surface area contributed by atoms with Crippen LogP contribution in [0.2, 0.25) is 0 Å². The fourth-order valence-electron chi connectivity index (χ4n) is 1.86. The first-order valence-corrected chi connectivity index (χ1v) is 6.13. The Kier molecular flexibility index (Phi) is 2.43. The van der Waals surface area contributed by atoms with Crippen molar-refractivity contribution in [3.63, 3.8) is 0 Å². The zero-order valence-corrected chi connectivity index (χ0v) is 10.0. The van der Waals surface area contributed by atoms with E-state index in [0.717, 1.165) is 15.9 Å². The van der Waals surface area contributed by atoms with Gasteiger partial charge in [-0.2, -0.15) is 5.26 Å². The van der Waals surface area contributed by atoms with Gasteiger partial charge in [0, 0.05) is 17.8 Å². The van der Waals surface area contributed by atoms with Crippen molar-refractivity contribution >= 4 is 22.2 Å². The molecule has 0 aliphatic carbocycles. The van der Waals surface area contributed by atoms with E-state index in [4.69, 9.17) is 5.26 Å². The molecular weight excluding hydrogens is 246 g/mol. The lowest BCUT2D eigenvalue weighted by Gasteiger charge is -2.07. The van der Waals surface area contributed by atoms with E-state index in [-0.39, 0.29) is 11.1 Å². The molecule has 3 heterocycles. The molecule has 3 rings (SSSR count). The quantitative estimate of drug-likeness (QED) is 0.668. The second-order valence-corrected chi connectivity index (χ2v) is 4.62. The Balaban J connectivity index is 2.52. The Hall–Kier alpha value is -2.45. The van der Waals surface area contributed by atoms with E-state index in [0.29, 0.717) is 0 Å². The lowest BCUT2D eigenvalue weighted by molar-refractivity contribution is 1.06. The summed E-state index contributed by atoms with van der Waals surface area (Å²) in [5.41, 5.74) is 0.596. The molecule has 0 amide bonds. The van der Waals surface area contributed by atoms with Crippen LogP contribution in [0.1, 0.15) is 5.56 Å². The summed E-state index contributed by atoms with van der Waals surface area (Å²) in [5, 5.41) is 12.5. The van der Waals surface area contributed by atoms with Crippen LogP contribution in [-0.4, -0.2) is 9.55 Å². The van der Waals surface area contributed by atoms with Gasteiger partial charge >= 0.3 is 0 Å². The molecule has 3 aromatic rings. The molecule has 0 aromatic carbocycles. The minimum absolute atomic E-state index is 0.129. The van der Waals surface area contributed by atoms with E-state index in [9.17, 15) is 4.79 Å². The number of hydrogen-bond donors (Lipinski definition) is 0. The number of rotatable bonds is 1. The number of hydrogen-bond acceptors (Lipinski definition) is 4. The molecule has 0 spiro atoms. The molecular formula is C13H7N3OS. The van der Waals surface area contributed by atoms with E-state index >= 15 is 0 Å². The van der Waals surface area contributed by atoms with Crippen molar-refractivity contribution in [3.05, 3.63) is 58.0 Å². The Morgan fingerprint density at radius 2 is 2.28 bits per heavy atom. The maximum absolute atomic E-state index is 12.2. The first-order chi connectivity index (χ1) is 8.81. The van der Waals surface area contributed by atoms with Gasteiger partial charge in [0.25, 0.3) is 5.56 Å². The summed E-state index contributed by atoms with van der Waals surface area (Å²) in [6.45, 7) is 0. The Morgan fingerprint density at radius 3 is 3.00 bits per heavy atom. The molecule has 3 aromatic heterocycles. The highest BCUT2D eigenvalue weighted by Gasteiger charge is 2.10. The van der Waals surface area contributed by atoms with Gasteiger partial charge in [-0.15, -0.1) is 11.3 Å². The molecule has 0 saturated heterocycles. The smallest absolute Gasteiger partial charge is 0.267 e. The van der Waals surface area contributed by atoms with Gasteiger partial charge < -0.3 is 0 Å². The molecule has 18 heavy (non-hydrogen) atoms. The van der Waals surface area contributed by atoms with Gasteiger partial charge in [0.1, 0.15) is 16.6 Å². The Labute approximate surface area is 106 Å². The monoisotopic (exact) mass is 253 g/mol. The zero-order valence-electron chi connectivity index (χ0n) is 9.20. The van der Waals surface area contributed by atoms with Crippen molar-refractivity contribution in [2.24, 2.45) is 0 Å². The van der Waals surface area contributed by atoms with Crippen molar-refractivity contribution in [2.75, 3.05) is 0 Å². The summed E-state index contributed by atoms with van der Waals surface area (Å²) in [5.74, 6) is 0. The first kappa shape index (κ1) is 10.7. The summed E-state index contributed by atoms with van der Waals surface area (Å²) in [6.07, 6.45) is 3.29. The lowest BCUT2D eigenvalue weighted by atomic mass is 10.2. The van der Waals surface area contributed by atoms with Crippen LogP contribution in [0.5, 0.6) is 0 Å². The van der Waals surface area contributed by atoms with Crippen LogP contribution in [0.3, 0.4) is 0 Å². The number of fused-ring (bicyclic) bond motifs is 1. The molecule has 86 valence electrons. The molecule has 0 fully saturated rings. The third-order valence-electron chi connectivity index (χ3n) is 2.65. The van der Waals surface area contributed by atoms with Gasteiger partial charge in [-0.1, -0.05) is 0 Å². The Morgan fingerprint density at radius 1 is 1.39 bits per heavy atom. The molecule has 0 N–H and O–H groups in total. The van der Waals surface area contributed by atoms with Crippen LogP contribution < -0.4 is 5.56 Å². The lowest BCUT2D eigenvalue weighted by Crippen LogP contribution is -2.20. The van der Waals surface area contributed by atoms with Crippen LogP contribution in [0.25, 0.3) is 15.9 Å². The minimum atomic E-state index is -0.293. The van der Waals surface area contributed by atoms with Gasteiger partial charge in [-0.25, -0.2) is 0 Å². The van der Waals surface area contributed by atoms with Gasteiger partial charge in [0.2, 0.25) is 0 Å². The normalized spacial score (nSPS) is 10.4. The van der Waals surface area contributed by atoms with Gasteiger partial charge in [0.05, 0.1) is 5.52 Å². The number of aromatic nitrogens is 2. The third kappa shape index (κ3) is 1.51. The maximum Gasteiger partial charge on any atom is 0.274 e. The van der Waals surface area contributed by atoms with Crippen molar-refractivity contribution in [1.82, 2.24) is 9.55 Å². The molecule has 0 unspecified atom stereocenters. The standard InChI is InChI=1S/C13H7N3OS/c14-7-9-6-10-8-15-4-3-11(10)16(13(9)17)12-2-1-5-18-12/h1-6,8H. The van der Waals surface area contributed by atoms with Crippen LogP contribution >= 0.6 is 11.3 Å². The molecule has 0 saturated carbocycles. The fourth-order valence-corrected chi connectivity index (χ4v) is 2.60. The van der Waals surface area contributed by atoms with Gasteiger partial charge in [-0.05, 0) is 29.6 Å². The van der Waals surface area contributed by atoms with Crippen LogP contribution in [0.4, 0.5) is 0 Å². The van der Waals surface area contributed by atoms with Crippen molar-refractivity contribution in [2.45, 2.75) is 0 Å². The summed E-state index contributed by atoms with van der Waals surface area (Å²) >= 11 is 1.46. The van der Waals surface area contributed by atoms with Crippen LogP contribution in [-0.2, 0) is 0 Å². The van der Waals surface area contributed by atoms with E-state index in [1.165, 1.54) is 11.3 Å². The largest absolute Gasteiger partial charge is 0.274 e. The SMILES string of the molecule is N#Cc1cc2cnccc2n(-c2cccs2)c1=O. The fraction of sp³-hybridized carbons (Fsp3) is 0. The predicted octanol–water partition coefficient (Wildman–Crippen LogP) is 2.32. The molecule has 0 aliphatic heterocycles. The molecule has 4 nitrogen and oxygen atoms in total. The van der Waals surface area contributed by atoms with Crippen LogP contribution in [0.15, 0.2) is 46.8 Å². The van der Waals surface area contributed by atoms with Crippen LogP contribution in [0, 0.1) is 11.3 Å². The molecule has 0 atom stereocenters. The van der Waals surface area contributed by atoms with E-state index in [1.807, 2.05) is 23.6 Å². The second-order valence-electron chi connectivity index (χ2n) is 3.70. The highest BCUT2D eigenvalue weighted by molar-refractivity contribution is 7.12. The average Bonchev–Trinajstić information content (AvgIpc) is 2.91.